The van der Waals surface area contributed by atoms with Gasteiger partial charge in [0.25, 0.3) is 0 Å². The van der Waals surface area contributed by atoms with Gasteiger partial charge in [-0.05, 0) is 49.2 Å². The number of fused-ring (bicyclic) bond motifs is 5. The quantitative estimate of drug-likeness (QED) is 0.641. The van der Waals surface area contributed by atoms with E-state index >= 15 is 4.39 Å². The van der Waals surface area contributed by atoms with E-state index in [0.29, 0.717) is 5.02 Å². The van der Waals surface area contributed by atoms with Crippen LogP contribution in [0.3, 0.4) is 0 Å². The number of carbonyl (C=O) groups excluding carboxylic acids is 1. The summed E-state index contributed by atoms with van der Waals surface area (Å²) >= 11 is 5.92. The normalized spacial score (nSPS) is 30.0. The first-order chi connectivity index (χ1) is 14.3. The van der Waals surface area contributed by atoms with Crippen molar-refractivity contribution in [3.05, 3.63) is 58.6 Å². The Balaban J connectivity index is 1.80. The van der Waals surface area contributed by atoms with E-state index in [0.717, 1.165) is 12.1 Å². The molecule has 30 heavy (non-hydrogen) atoms. The third-order valence-corrected chi connectivity index (χ3v) is 9.39. The first kappa shape index (κ1) is 19.8. The minimum atomic E-state index is -4.22. The fourth-order valence-electron chi connectivity index (χ4n) is 5.29. The number of rotatable bonds is 2. The number of benzene rings is 2. The summed E-state index contributed by atoms with van der Waals surface area (Å²) in [5, 5.41) is 0.353. The third-order valence-electron chi connectivity index (χ3n) is 6.57. The molecule has 2 fully saturated rings. The summed E-state index contributed by atoms with van der Waals surface area (Å²) in [6, 6.07) is 7.44. The van der Waals surface area contributed by atoms with Gasteiger partial charge in [0.05, 0.1) is 23.5 Å². The average molecular weight is 455 g/mol. The summed E-state index contributed by atoms with van der Waals surface area (Å²) < 4.78 is 66.9. The van der Waals surface area contributed by atoms with Crippen molar-refractivity contribution in [1.29, 1.82) is 0 Å². The molecule has 0 radical (unpaired) electrons. The zero-order valence-corrected chi connectivity index (χ0v) is 17.2. The SMILES string of the molecule is O=C1C[C@H]2[C@H](CC[C@@]3(S(=O)(=O)c4ccc(Cl)cc4)c4c(F)ccc(F)c4OC[C@@H]23)O1. The van der Waals surface area contributed by atoms with Crippen LogP contribution < -0.4 is 4.74 Å². The van der Waals surface area contributed by atoms with Gasteiger partial charge in [-0.3, -0.25) is 4.79 Å². The Morgan fingerprint density at radius 1 is 1.07 bits per heavy atom. The maximum Gasteiger partial charge on any atom is 0.306 e. The lowest BCUT2D eigenvalue weighted by molar-refractivity contribution is -0.142. The molecule has 2 aliphatic heterocycles. The second-order valence-electron chi connectivity index (χ2n) is 7.93. The highest BCUT2D eigenvalue weighted by Crippen LogP contribution is 2.60. The molecule has 2 aromatic carbocycles. The van der Waals surface area contributed by atoms with E-state index in [1.165, 1.54) is 24.3 Å². The number of sulfone groups is 1. The Morgan fingerprint density at radius 3 is 2.50 bits per heavy atom. The monoisotopic (exact) mass is 454 g/mol. The Bertz CT molecular complexity index is 1150. The Kier molecular flexibility index (Phi) is 4.38. The molecule has 0 bridgehead atoms. The Hall–Kier alpha value is -2.19. The number of hydrogen-bond donors (Lipinski definition) is 0. The fourth-order valence-corrected chi connectivity index (χ4v) is 7.82. The van der Waals surface area contributed by atoms with Crippen molar-refractivity contribution >= 4 is 27.4 Å². The van der Waals surface area contributed by atoms with Crippen LogP contribution in [-0.4, -0.2) is 27.1 Å². The fraction of sp³-hybridized carbons (Fsp3) is 0.381. The predicted octanol–water partition coefficient (Wildman–Crippen LogP) is 4.02. The molecule has 5 rings (SSSR count). The average Bonchev–Trinajstić information content (AvgIpc) is 3.10. The van der Waals surface area contributed by atoms with E-state index in [9.17, 15) is 17.6 Å². The number of ether oxygens (including phenoxy) is 2. The summed E-state index contributed by atoms with van der Waals surface area (Å²) in [5.74, 6) is -3.72. The van der Waals surface area contributed by atoms with Gasteiger partial charge >= 0.3 is 5.97 Å². The van der Waals surface area contributed by atoms with Gasteiger partial charge in [-0.15, -0.1) is 0 Å². The molecule has 5 nitrogen and oxygen atoms in total. The van der Waals surface area contributed by atoms with Crippen molar-refractivity contribution < 1.29 is 31.5 Å². The predicted molar refractivity (Wildman–Crippen MR) is 103 cm³/mol. The lowest BCUT2D eigenvalue weighted by atomic mass is 9.66. The van der Waals surface area contributed by atoms with Crippen LogP contribution in [0.4, 0.5) is 8.78 Å². The molecule has 9 heteroatoms. The van der Waals surface area contributed by atoms with E-state index in [-0.39, 0.29) is 42.1 Å². The molecular weight excluding hydrogens is 438 g/mol. The molecule has 0 spiro atoms. The standard InChI is InChI=1S/C21H17ClF2O5S/c22-11-1-3-12(4-2-11)30(26,27)21-8-7-17-13(9-18(25)29-17)14(21)10-28-20-16(24)6-5-15(23)19(20)21/h1-6,13-14,17H,7-10H2/t13-,14+,17+,21+/m1/s1. The van der Waals surface area contributed by atoms with Crippen LogP contribution >= 0.6 is 11.6 Å². The van der Waals surface area contributed by atoms with E-state index in [2.05, 4.69) is 0 Å². The van der Waals surface area contributed by atoms with Crippen LogP contribution in [0.1, 0.15) is 24.8 Å². The van der Waals surface area contributed by atoms with Crippen molar-refractivity contribution in [2.45, 2.75) is 35.0 Å². The Morgan fingerprint density at radius 2 is 1.77 bits per heavy atom. The zero-order chi connectivity index (χ0) is 21.3. The largest absolute Gasteiger partial charge is 0.490 e. The highest BCUT2D eigenvalue weighted by atomic mass is 35.5. The molecule has 0 amide bonds. The molecule has 1 saturated heterocycles. The molecule has 0 N–H and O–H groups in total. The van der Waals surface area contributed by atoms with Crippen LogP contribution in [-0.2, 0) is 24.1 Å². The number of halogens is 3. The zero-order valence-electron chi connectivity index (χ0n) is 15.6. The highest BCUT2D eigenvalue weighted by Gasteiger charge is 2.64. The summed E-state index contributed by atoms with van der Waals surface area (Å²) in [7, 11) is -4.22. The van der Waals surface area contributed by atoms with Gasteiger partial charge in [-0.25, -0.2) is 17.2 Å². The first-order valence-electron chi connectivity index (χ1n) is 9.56. The van der Waals surface area contributed by atoms with E-state index < -0.39 is 50.1 Å². The van der Waals surface area contributed by atoms with Gasteiger partial charge in [-0.1, -0.05) is 11.6 Å². The van der Waals surface area contributed by atoms with Crippen LogP contribution in [0.5, 0.6) is 5.75 Å². The molecule has 0 aromatic heterocycles. The second kappa shape index (κ2) is 6.65. The van der Waals surface area contributed by atoms with Crippen molar-refractivity contribution in [2.24, 2.45) is 11.8 Å². The molecule has 1 aliphatic carbocycles. The molecular formula is C21H17ClF2O5S. The van der Waals surface area contributed by atoms with Gasteiger partial charge in [0.1, 0.15) is 16.7 Å². The van der Waals surface area contributed by atoms with Crippen LogP contribution in [0.25, 0.3) is 0 Å². The summed E-state index contributed by atoms with van der Waals surface area (Å²) in [6.07, 6.45) is -0.232. The van der Waals surface area contributed by atoms with E-state index in [1.807, 2.05) is 0 Å². The minimum Gasteiger partial charge on any atom is -0.490 e. The number of carbonyl (C=O) groups is 1. The molecule has 1 saturated carbocycles. The lowest BCUT2D eigenvalue weighted by Gasteiger charge is -2.50. The van der Waals surface area contributed by atoms with Gasteiger partial charge in [0, 0.05) is 16.9 Å². The van der Waals surface area contributed by atoms with Crippen LogP contribution in [0.2, 0.25) is 5.02 Å². The van der Waals surface area contributed by atoms with Crippen molar-refractivity contribution in [1.82, 2.24) is 0 Å². The molecule has 2 heterocycles. The first-order valence-corrected chi connectivity index (χ1v) is 11.4. The van der Waals surface area contributed by atoms with E-state index in [1.54, 1.807) is 0 Å². The molecule has 0 unspecified atom stereocenters. The van der Waals surface area contributed by atoms with Gasteiger partial charge in [0.2, 0.25) is 0 Å². The van der Waals surface area contributed by atoms with Gasteiger partial charge in [-0.2, -0.15) is 0 Å². The molecule has 2 aromatic rings. The molecule has 4 atom stereocenters. The molecule has 158 valence electrons. The summed E-state index contributed by atoms with van der Waals surface area (Å²) in [4.78, 5) is 11.9. The smallest absolute Gasteiger partial charge is 0.306 e. The third kappa shape index (κ3) is 2.56. The second-order valence-corrected chi connectivity index (χ2v) is 10.6. The van der Waals surface area contributed by atoms with Crippen LogP contribution in [0, 0.1) is 23.5 Å². The molecule has 3 aliphatic rings. The maximum absolute atomic E-state index is 15.2. The van der Waals surface area contributed by atoms with Crippen molar-refractivity contribution in [3.63, 3.8) is 0 Å². The lowest BCUT2D eigenvalue weighted by Crippen LogP contribution is -2.56. The topological polar surface area (TPSA) is 69.7 Å². The van der Waals surface area contributed by atoms with E-state index in [4.69, 9.17) is 21.1 Å². The number of hydrogen-bond acceptors (Lipinski definition) is 5. The maximum atomic E-state index is 15.2. The van der Waals surface area contributed by atoms with Gasteiger partial charge in [0.15, 0.2) is 21.4 Å². The van der Waals surface area contributed by atoms with Gasteiger partial charge < -0.3 is 9.47 Å². The minimum absolute atomic E-state index is 0.0167. The van der Waals surface area contributed by atoms with Crippen molar-refractivity contribution in [2.75, 3.05) is 6.61 Å². The highest BCUT2D eigenvalue weighted by molar-refractivity contribution is 7.92. The number of esters is 1. The van der Waals surface area contributed by atoms with Crippen LogP contribution in [0.15, 0.2) is 41.3 Å². The van der Waals surface area contributed by atoms with Crippen molar-refractivity contribution in [3.8, 4) is 5.75 Å². The Labute approximate surface area is 176 Å². The summed E-state index contributed by atoms with van der Waals surface area (Å²) in [6.45, 7) is -0.155. The summed E-state index contributed by atoms with van der Waals surface area (Å²) in [5.41, 5.74) is -0.300.